The maximum absolute atomic E-state index is 13.5. The molecule has 0 bridgehead atoms. The normalized spacial score (nSPS) is 14.2. The number of fused-ring (bicyclic) bond motifs is 1. The summed E-state index contributed by atoms with van der Waals surface area (Å²) >= 11 is 1.44. The highest BCUT2D eigenvalue weighted by molar-refractivity contribution is 7.21. The Morgan fingerprint density at radius 2 is 1.76 bits per heavy atom. The van der Waals surface area contributed by atoms with E-state index >= 15 is 0 Å². The second kappa shape index (κ2) is 8.91. The van der Waals surface area contributed by atoms with Gasteiger partial charge in [-0.25, -0.2) is 4.98 Å². The SMILES string of the molecule is Cc1cc(C=C(C(=O)N2CCCC2)c2nc3sc(-c4ccccc4)cc3c(=O)[nH]2)cc(C)c1O. The van der Waals surface area contributed by atoms with E-state index < -0.39 is 0 Å². The smallest absolute Gasteiger partial charge is 0.259 e. The predicted molar refractivity (Wildman–Crippen MR) is 137 cm³/mol. The van der Waals surface area contributed by atoms with Gasteiger partial charge in [-0.3, -0.25) is 9.59 Å². The second-order valence-electron chi connectivity index (χ2n) is 8.67. The summed E-state index contributed by atoms with van der Waals surface area (Å²) in [6.07, 6.45) is 3.69. The van der Waals surface area contributed by atoms with Crippen LogP contribution in [0.15, 0.2) is 53.3 Å². The molecule has 6 nitrogen and oxygen atoms in total. The maximum atomic E-state index is 13.5. The third kappa shape index (κ3) is 4.15. The minimum atomic E-state index is -0.267. The molecular formula is C27H25N3O3S. The van der Waals surface area contributed by atoms with Crippen molar-refractivity contribution >= 4 is 39.1 Å². The first-order valence-corrected chi connectivity index (χ1v) is 12.1. The van der Waals surface area contributed by atoms with Crippen LogP contribution in [-0.4, -0.2) is 39.0 Å². The number of aromatic nitrogens is 2. The average molecular weight is 472 g/mol. The van der Waals surface area contributed by atoms with E-state index in [1.807, 2.05) is 62.4 Å². The van der Waals surface area contributed by atoms with Gasteiger partial charge in [-0.2, -0.15) is 0 Å². The minimum Gasteiger partial charge on any atom is -0.507 e. The number of benzene rings is 2. The van der Waals surface area contributed by atoms with E-state index in [2.05, 4.69) is 4.98 Å². The highest BCUT2D eigenvalue weighted by Crippen LogP contribution is 2.32. The van der Waals surface area contributed by atoms with Gasteiger partial charge >= 0.3 is 0 Å². The van der Waals surface area contributed by atoms with Gasteiger partial charge < -0.3 is 15.0 Å². The van der Waals surface area contributed by atoms with Gasteiger partial charge in [-0.1, -0.05) is 30.3 Å². The van der Waals surface area contributed by atoms with Crippen molar-refractivity contribution in [2.75, 3.05) is 13.1 Å². The summed E-state index contributed by atoms with van der Waals surface area (Å²) in [5.41, 5.74) is 3.32. The van der Waals surface area contributed by atoms with Crippen LogP contribution in [0.4, 0.5) is 0 Å². The summed E-state index contributed by atoms with van der Waals surface area (Å²) in [6.45, 7) is 5.02. The topological polar surface area (TPSA) is 86.3 Å². The minimum absolute atomic E-state index is 0.150. The highest BCUT2D eigenvalue weighted by Gasteiger charge is 2.25. The first-order chi connectivity index (χ1) is 16.4. The number of nitrogens with one attached hydrogen (secondary N) is 1. The lowest BCUT2D eigenvalue weighted by molar-refractivity contribution is -0.123. The Bertz CT molecular complexity index is 1460. The molecule has 0 saturated carbocycles. The molecule has 172 valence electrons. The third-order valence-corrected chi connectivity index (χ3v) is 7.24. The fourth-order valence-corrected chi connectivity index (χ4v) is 5.40. The van der Waals surface area contributed by atoms with Gasteiger partial charge in [0.05, 0.1) is 11.0 Å². The number of aryl methyl sites for hydroxylation is 2. The van der Waals surface area contributed by atoms with E-state index in [0.717, 1.165) is 40.0 Å². The molecule has 2 N–H and O–H groups in total. The number of carbonyl (C=O) groups excluding carboxylic acids is 1. The lowest BCUT2D eigenvalue weighted by Gasteiger charge is -2.17. The number of H-pyrrole nitrogens is 1. The molecule has 34 heavy (non-hydrogen) atoms. The highest BCUT2D eigenvalue weighted by atomic mass is 32.1. The number of phenols is 1. The monoisotopic (exact) mass is 471 g/mol. The largest absolute Gasteiger partial charge is 0.507 e. The van der Waals surface area contributed by atoms with Crippen LogP contribution in [0.1, 0.15) is 35.4 Å². The van der Waals surface area contributed by atoms with Crippen LogP contribution in [0.2, 0.25) is 0 Å². The Hall–Kier alpha value is -3.71. The van der Waals surface area contributed by atoms with Crippen LogP contribution in [0.5, 0.6) is 5.75 Å². The van der Waals surface area contributed by atoms with E-state index in [1.54, 1.807) is 11.0 Å². The quantitative estimate of drug-likeness (QED) is 0.404. The van der Waals surface area contributed by atoms with E-state index in [9.17, 15) is 14.7 Å². The molecule has 5 rings (SSSR count). The summed E-state index contributed by atoms with van der Waals surface area (Å²) in [4.78, 5) is 37.5. The number of rotatable bonds is 4. The number of thiophene rings is 1. The number of carbonyl (C=O) groups is 1. The van der Waals surface area contributed by atoms with Crippen molar-refractivity contribution in [3.63, 3.8) is 0 Å². The van der Waals surface area contributed by atoms with Gasteiger partial charge in [0.1, 0.15) is 16.4 Å². The number of aromatic amines is 1. The Labute approximate surface area is 201 Å². The summed E-state index contributed by atoms with van der Waals surface area (Å²) < 4.78 is 0. The summed E-state index contributed by atoms with van der Waals surface area (Å²) in [6, 6.07) is 15.4. The Morgan fingerprint density at radius 1 is 1.09 bits per heavy atom. The van der Waals surface area contributed by atoms with Crippen LogP contribution >= 0.6 is 11.3 Å². The molecule has 0 radical (unpaired) electrons. The molecule has 1 fully saturated rings. The van der Waals surface area contributed by atoms with E-state index in [1.165, 1.54) is 11.3 Å². The first kappa shape index (κ1) is 22.1. The molecule has 2 aromatic heterocycles. The van der Waals surface area contributed by atoms with Gasteiger partial charge in [-0.05, 0) is 73.2 Å². The molecule has 3 heterocycles. The van der Waals surface area contributed by atoms with Gasteiger partial charge in [0.2, 0.25) is 0 Å². The molecule has 0 spiro atoms. The molecule has 7 heteroatoms. The zero-order chi connectivity index (χ0) is 23.8. The number of hydrogen-bond acceptors (Lipinski definition) is 5. The Balaban J connectivity index is 1.65. The van der Waals surface area contributed by atoms with Gasteiger partial charge in [0.25, 0.3) is 11.5 Å². The van der Waals surface area contributed by atoms with Crippen LogP contribution in [-0.2, 0) is 4.79 Å². The lowest BCUT2D eigenvalue weighted by Crippen LogP contribution is -2.29. The second-order valence-corrected chi connectivity index (χ2v) is 9.70. The Kier molecular flexibility index (Phi) is 5.79. The van der Waals surface area contributed by atoms with Gasteiger partial charge in [0.15, 0.2) is 0 Å². The first-order valence-electron chi connectivity index (χ1n) is 11.3. The molecule has 1 aliphatic heterocycles. The van der Waals surface area contributed by atoms with Crippen molar-refractivity contribution in [1.29, 1.82) is 0 Å². The third-order valence-electron chi connectivity index (χ3n) is 6.16. The van der Waals surface area contributed by atoms with E-state index in [4.69, 9.17) is 4.98 Å². The van der Waals surface area contributed by atoms with Crippen molar-refractivity contribution in [1.82, 2.24) is 14.9 Å². The summed E-state index contributed by atoms with van der Waals surface area (Å²) in [7, 11) is 0. The number of hydrogen-bond donors (Lipinski definition) is 2. The van der Waals surface area contributed by atoms with Crippen molar-refractivity contribution in [3.8, 4) is 16.2 Å². The van der Waals surface area contributed by atoms with E-state index in [-0.39, 0.29) is 23.0 Å². The molecule has 1 aliphatic rings. The zero-order valence-electron chi connectivity index (χ0n) is 19.1. The summed E-state index contributed by atoms with van der Waals surface area (Å²) in [5.74, 6) is 0.354. The van der Waals surface area contributed by atoms with Gasteiger partial charge in [-0.15, -0.1) is 11.3 Å². The lowest BCUT2D eigenvalue weighted by atomic mass is 10.0. The van der Waals surface area contributed by atoms with Crippen molar-refractivity contribution in [3.05, 3.63) is 81.4 Å². The molecule has 0 aliphatic carbocycles. The maximum Gasteiger partial charge on any atom is 0.259 e. The standard InChI is InChI=1S/C27H25N3O3S/c1-16-12-18(13-17(2)23(16)31)14-20(27(33)30-10-6-7-11-30)24-28-25(32)21-15-22(34-26(21)29-24)19-8-4-3-5-9-19/h3-5,8-9,12-15,31H,6-7,10-11H2,1-2H3,(H,28,29,32). The molecule has 0 unspecified atom stereocenters. The van der Waals surface area contributed by atoms with Crippen molar-refractivity contribution < 1.29 is 9.90 Å². The summed E-state index contributed by atoms with van der Waals surface area (Å²) in [5, 5.41) is 10.7. The molecule has 1 amide bonds. The number of aromatic hydroxyl groups is 1. The molecule has 4 aromatic rings. The average Bonchev–Trinajstić information content (AvgIpc) is 3.52. The van der Waals surface area contributed by atoms with E-state index in [0.29, 0.717) is 28.9 Å². The number of amides is 1. The van der Waals surface area contributed by atoms with Crippen LogP contribution in [0.25, 0.3) is 32.3 Å². The van der Waals surface area contributed by atoms with Crippen LogP contribution in [0, 0.1) is 13.8 Å². The Morgan fingerprint density at radius 3 is 2.44 bits per heavy atom. The zero-order valence-corrected chi connectivity index (χ0v) is 19.9. The number of likely N-dealkylation sites (tertiary alicyclic amines) is 1. The molecular weight excluding hydrogens is 446 g/mol. The molecule has 1 saturated heterocycles. The fourth-order valence-electron chi connectivity index (χ4n) is 4.37. The number of nitrogens with zero attached hydrogens (tertiary/aromatic N) is 2. The predicted octanol–water partition coefficient (Wildman–Crippen LogP) is 5.14. The van der Waals surface area contributed by atoms with Crippen molar-refractivity contribution in [2.45, 2.75) is 26.7 Å². The van der Waals surface area contributed by atoms with Crippen LogP contribution < -0.4 is 5.56 Å². The van der Waals surface area contributed by atoms with Gasteiger partial charge in [0, 0.05) is 18.0 Å². The van der Waals surface area contributed by atoms with Crippen molar-refractivity contribution in [2.24, 2.45) is 0 Å². The fraction of sp³-hybridized carbons (Fsp3) is 0.222. The molecule has 0 atom stereocenters. The van der Waals surface area contributed by atoms with Crippen LogP contribution in [0.3, 0.4) is 0 Å². The molecule has 2 aromatic carbocycles. The number of phenolic OH excluding ortho intramolecular Hbond substituents is 1.